The Kier molecular flexibility index (Phi) is 7.45. The minimum atomic E-state index is -0.640. The second kappa shape index (κ2) is 10.1. The Hall–Kier alpha value is -2.87. The van der Waals surface area contributed by atoms with Gasteiger partial charge < -0.3 is 20.1 Å². The number of hydrogen-bond donors (Lipinski definition) is 2. The molecule has 0 aliphatic rings. The summed E-state index contributed by atoms with van der Waals surface area (Å²) in [5.41, 5.74) is 0.164. The number of hydrogen-bond acceptors (Lipinski definition) is 7. The van der Waals surface area contributed by atoms with Crippen molar-refractivity contribution in [2.45, 2.75) is 0 Å². The van der Waals surface area contributed by atoms with Crippen LogP contribution in [-0.2, 0) is 9.53 Å². The fraction of sp³-hybridized carbons (Fsp3) is 0.235. The van der Waals surface area contributed by atoms with Gasteiger partial charge in [-0.15, -0.1) is 17.9 Å². The molecule has 2 N–H and O–H groups in total. The van der Waals surface area contributed by atoms with Gasteiger partial charge >= 0.3 is 5.97 Å². The van der Waals surface area contributed by atoms with Crippen LogP contribution in [0.4, 0.5) is 5.13 Å². The highest BCUT2D eigenvalue weighted by atomic mass is 32.1. The first-order valence-electron chi connectivity index (χ1n) is 7.61. The topological polar surface area (TPSA) is 89.5 Å². The molecule has 7 nitrogen and oxygen atoms in total. The monoisotopic (exact) mass is 361 g/mol. The second-order valence-electron chi connectivity index (χ2n) is 4.80. The number of rotatable bonds is 10. The van der Waals surface area contributed by atoms with E-state index in [2.05, 4.69) is 22.2 Å². The highest BCUT2D eigenvalue weighted by Crippen LogP contribution is 2.15. The van der Waals surface area contributed by atoms with E-state index in [1.165, 1.54) is 11.3 Å². The first-order chi connectivity index (χ1) is 12.2. The number of carbonyl (C=O) groups is 2. The number of thiazole rings is 1. The molecule has 132 valence electrons. The van der Waals surface area contributed by atoms with Crippen LogP contribution in [0.15, 0.2) is 48.4 Å². The molecule has 0 saturated carbocycles. The normalized spacial score (nSPS) is 9.92. The van der Waals surface area contributed by atoms with Gasteiger partial charge in [0.15, 0.2) is 17.4 Å². The summed E-state index contributed by atoms with van der Waals surface area (Å²) in [5, 5.41) is 7.74. The van der Waals surface area contributed by atoms with Gasteiger partial charge in [0, 0.05) is 11.9 Å². The molecule has 2 rings (SSSR count). The zero-order valence-corrected chi connectivity index (χ0v) is 14.4. The van der Waals surface area contributed by atoms with Crippen LogP contribution in [-0.4, -0.2) is 43.2 Å². The number of ether oxygens (including phenoxy) is 2. The van der Waals surface area contributed by atoms with Gasteiger partial charge in [-0.3, -0.25) is 4.79 Å². The van der Waals surface area contributed by atoms with Crippen molar-refractivity contribution in [2.24, 2.45) is 0 Å². The Morgan fingerprint density at radius 1 is 1.28 bits per heavy atom. The smallest absolute Gasteiger partial charge is 0.358 e. The van der Waals surface area contributed by atoms with E-state index in [1.54, 1.807) is 11.5 Å². The lowest BCUT2D eigenvalue weighted by molar-refractivity contribution is -0.124. The van der Waals surface area contributed by atoms with Crippen molar-refractivity contribution in [1.29, 1.82) is 0 Å². The van der Waals surface area contributed by atoms with E-state index in [1.807, 2.05) is 30.3 Å². The van der Waals surface area contributed by atoms with Gasteiger partial charge in [-0.25, -0.2) is 9.78 Å². The average Bonchev–Trinajstić information content (AvgIpc) is 3.11. The molecule has 0 aliphatic carbocycles. The predicted octanol–water partition coefficient (Wildman–Crippen LogP) is 2.09. The number of anilines is 1. The summed E-state index contributed by atoms with van der Waals surface area (Å²) in [6, 6.07) is 9.28. The lowest BCUT2D eigenvalue weighted by Gasteiger charge is -2.07. The summed E-state index contributed by atoms with van der Waals surface area (Å²) < 4.78 is 10.4. The number of amides is 1. The molecule has 2 aromatic rings. The third-order valence-corrected chi connectivity index (χ3v) is 3.68. The molecule has 0 atom stereocenters. The fourth-order valence-electron chi connectivity index (χ4n) is 1.74. The maximum atomic E-state index is 11.8. The molecule has 0 saturated heterocycles. The van der Waals surface area contributed by atoms with Crippen LogP contribution >= 0.6 is 11.3 Å². The van der Waals surface area contributed by atoms with E-state index >= 15 is 0 Å². The fourth-order valence-corrected chi connectivity index (χ4v) is 2.43. The van der Waals surface area contributed by atoms with Crippen LogP contribution < -0.4 is 15.4 Å². The largest absolute Gasteiger partial charge is 0.492 e. The summed E-state index contributed by atoms with van der Waals surface area (Å²) in [6.07, 6.45) is 1.69. The first kappa shape index (κ1) is 18.5. The molecule has 1 aromatic heterocycles. The van der Waals surface area contributed by atoms with Crippen molar-refractivity contribution in [3.63, 3.8) is 0 Å². The molecular weight excluding hydrogens is 342 g/mol. The number of aromatic nitrogens is 1. The lowest BCUT2D eigenvalue weighted by Crippen LogP contribution is -2.32. The number of nitrogens with one attached hydrogen (secondary N) is 2. The van der Waals surface area contributed by atoms with E-state index < -0.39 is 11.9 Å². The summed E-state index contributed by atoms with van der Waals surface area (Å²) >= 11 is 1.28. The van der Waals surface area contributed by atoms with Crippen molar-refractivity contribution < 1.29 is 19.1 Å². The molecule has 8 heteroatoms. The molecule has 1 heterocycles. The summed E-state index contributed by atoms with van der Waals surface area (Å²) in [4.78, 5) is 27.5. The SMILES string of the molecule is C=CCNc1nc(C(=O)OCC(=O)NCCOc2ccccc2)cs1. The van der Waals surface area contributed by atoms with Gasteiger partial charge in [0.2, 0.25) is 0 Å². The minimum absolute atomic E-state index is 0.164. The molecule has 0 aliphatic heterocycles. The van der Waals surface area contributed by atoms with Gasteiger partial charge in [0.25, 0.3) is 5.91 Å². The molecule has 0 radical (unpaired) electrons. The maximum absolute atomic E-state index is 11.8. The number of carbonyl (C=O) groups excluding carboxylic acids is 2. The van der Waals surface area contributed by atoms with Gasteiger partial charge in [-0.1, -0.05) is 24.3 Å². The summed E-state index contributed by atoms with van der Waals surface area (Å²) in [5.74, 6) is -0.309. The number of esters is 1. The Balaban J connectivity index is 1.63. The Morgan fingerprint density at radius 3 is 2.84 bits per heavy atom. The maximum Gasteiger partial charge on any atom is 0.358 e. The highest BCUT2D eigenvalue weighted by Gasteiger charge is 2.13. The molecule has 0 bridgehead atoms. The lowest BCUT2D eigenvalue weighted by atomic mass is 10.3. The zero-order chi connectivity index (χ0) is 17.9. The summed E-state index contributed by atoms with van der Waals surface area (Å²) in [6.45, 7) is 4.42. The van der Waals surface area contributed by atoms with E-state index in [9.17, 15) is 9.59 Å². The molecule has 1 aromatic carbocycles. The highest BCUT2D eigenvalue weighted by molar-refractivity contribution is 7.13. The van der Waals surface area contributed by atoms with Crippen molar-refractivity contribution in [2.75, 3.05) is 31.6 Å². The van der Waals surface area contributed by atoms with Gasteiger partial charge in [0.1, 0.15) is 12.4 Å². The molecular formula is C17H19N3O4S. The summed E-state index contributed by atoms with van der Waals surface area (Å²) in [7, 11) is 0. The average molecular weight is 361 g/mol. The van der Waals surface area contributed by atoms with E-state index in [0.29, 0.717) is 24.8 Å². The molecule has 1 amide bonds. The number of nitrogens with zero attached hydrogens (tertiary/aromatic N) is 1. The van der Waals surface area contributed by atoms with Crippen molar-refractivity contribution in [1.82, 2.24) is 10.3 Å². The zero-order valence-electron chi connectivity index (χ0n) is 13.6. The number of benzene rings is 1. The van der Waals surface area contributed by atoms with Crippen molar-refractivity contribution >= 4 is 28.3 Å². The predicted molar refractivity (Wildman–Crippen MR) is 96.0 cm³/mol. The quantitative estimate of drug-likeness (QED) is 0.383. The third kappa shape index (κ3) is 6.64. The van der Waals surface area contributed by atoms with Crippen molar-refractivity contribution in [3.05, 3.63) is 54.1 Å². The number of para-hydroxylation sites is 1. The van der Waals surface area contributed by atoms with Gasteiger partial charge in [-0.05, 0) is 12.1 Å². The third-order valence-electron chi connectivity index (χ3n) is 2.88. The molecule has 0 fully saturated rings. The Labute approximate surface area is 149 Å². The van der Waals surface area contributed by atoms with Crippen LogP contribution in [0.25, 0.3) is 0 Å². The van der Waals surface area contributed by atoms with Crippen LogP contribution in [0.2, 0.25) is 0 Å². The minimum Gasteiger partial charge on any atom is -0.492 e. The molecule has 25 heavy (non-hydrogen) atoms. The molecule has 0 spiro atoms. The molecule has 0 unspecified atom stereocenters. The Morgan fingerprint density at radius 2 is 2.08 bits per heavy atom. The second-order valence-corrected chi connectivity index (χ2v) is 5.65. The van der Waals surface area contributed by atoms with E-state index in [-0.39, 0.29) is 12.3 Å². The van der Waals surface area contributed by atoms with E-state index in [0.717, 1.165) is 5.75 Å². The van der Waals surface area contributed by atoms with Crippen LogP contribution in [0.3, 0.4) is 0 Å². The van der Waals surface area contributed by atoms with Crippen LogP contribution in [0.1, 0.15) is 10.5 Å². The van der Waals surface area contributed by atoms with Crippen LogP contribution in [0, 0.1) is 0 Å². The van der Waals surface area contributed by atoms with Gasteiger partial charge in [0.05, 0.1) is 6.54 Å². The Bertz CT molecular complexity index is 703. The van der Waals surface area contributed by atoms with Gasteiger partial charge in [-0.2, -0.15) is 0 Å². The van der Waals surface area contributed by atoms with Crippen LogP contribution in [0.5, 0.6) is 5.75 Å². The van der Waals surface area contributed by atoms with Crippen molar-refractivity contribution in [3.8, 4) is 5.75 Å². The first-order valence-corrected chi connectivity index (χ1v) is 8.49. The standard InChI is InChI=1S/C17H19N3O4S/c1-2-8-19-17-20-14(12-25-17)16(22)24-11-15(21)18-9-10-23-13-6-4-3-5-7-13/h2-7,12H,1,8-11H2,(H,18,21)(H,19,20). The van der Waals surface area contributed by atoms with E-state index in [4.69, 9.17) is 9.47 Å².